The predicted octanol–water partition coefficient (Wildman–Crippen LogP) is 2.35. The van der Waals surface area contributed by atoms with E-state index in [-0.39, 0.29) is 12.3 Å². The summed E-state index contributed by atoms with van der Waals surface area (Å²) < 4.78 is 0. The lowest BCUT2D eigenvalue weighted by Crippen LogP contribution is -2.02. The van der Waals surface area contributed by atoms with Crippen molar-refractivity contribution in [2.75, 3.05) is 0 Å². The van der Waals surface area contributed by atoms with Crippen molar-refractivity contribution in [2.45, 2.75) is 26.2 Å². The summed E-state index contributed by atoms with van der Waals surface area (Å²) in [6, 6.07) is 0. The minimum atomic E-state index is -0.841. The molecule has 0 unspecified atom stereocenters. The molecule has 1 N–H and O–H groups in total. The molecule has 0 saturated carbocycles. The maximum Gasteiger partial charge on any atom is 0.308 e. The van der Waals surface area contributed by atoms with Crippen molar-refractivity contribution in [1.29, 1.82) is 0 Å². The smallest absolute Gasteiger partial charge is 0.308 e. The van der Waals surface area contributed by atoms with Crippen molar-refractivity contribution in [3.63, 3.8) is 0 Å². The Bertz CT molecular complexity index is 552. The van der Waals surface area contributed by atoms with E-state index in [0.29, 0.717) is 5.69 Å². The van der Waals surface area contributed by atoms with Crippen LogP contribution in [0.5, 0.6) is 0 Å². The van der Waals surface area contributed by atoms with Gasteiger partial charge in [-0.05, 0) is 5.92 Å². The van der Waals surface area contributed by atoms with Crippen LogP contribution in [-0.4, -0.2) is 26.0 Å². The second kappa shape index (κ2) is 5.22. The van der Waals surface area contributed by atoms with Crippen LogP contribution in [0.2, 0.25) is 0 Å². The molecule has 94 valence electrons. The fraction of sp³-hybridized carbons (Fsp3) is 0.333. The molecule has 0 radical (unpaired) electrons. The van der Waals surface area contributed by atoms with E-state index in [9.17, 15) is 4.79 Å². The molecule has 0 aliphatic rings. The molecule has 5 nitrogen and oxygen atoms in total. The Labute approximate surface area is 109 Å². The lowest BCUT2D eigenvalue weighted by molar-refractivity contribution is -0.136. The van der Waals surface area contributed by atoms with Crippen molar-refractivity contribution >= 4 is 17.3 Å². The van der Waals surface area contributed by atoms with Crippen LogP contribution in [0.3, 0.4) is 0 Å². The van der Waals surface area contributed by atoms with Crippen molar-refractivity contribution in [3.05, 3.63) is 29.2 Å². The van der Waals surface area contributed by atoms with Crippen LogP contribution in [0, 0.1) is 0 Å². The Balaban J connectivity index is 2.42. The third-order valence-electron chi connectivity index (χ3n) is 2.37. The molecular formula is C12H13N3O2S. The molecule has 0 aliphatic heterocycles. The largest absolute Gasteiger partial charge is 0.481 e. The zero-order chi connectivity index (χ0) is 13.1. The molecule has 0 fully saturated rings. The summed E-state index contributed by atoms with van der Waals surface area (Å²) in [5.41, 5.74) is 1.52. The maximum absolute atomic E-state index is 10.8. The average Bonchev–Trinajstić information content (AvgIpc) is 2.73. The monoisotopic (exact) mass is 263 g/mol. The van der Waals surface area contributed by atoms with Crippen LogP contribution in [0.1, 0.15) is 30.3 Å². The number of thiazole rings is 1. The maximum atomic E-state index is 10.8. The zero-order valence-corrected chi connectivity index (χ0v) is 10.9. The minimum absolute atomic E-state index is 0.00540. The highest BCUT2D eigenvalue weighted by molar-refractivity contribution is 7.15. The van der Waals surface area contributed by atoms with Gasteiger partial charge in [0.25, 0.3) is 0 Å². The highest BCUT2D eigenvalue weighted by atomic mass is 32.1. The first-order chi connectivity index (χ1) is 8.58. The first-order valence-electron chi connectivity index (χ1n) is 5.55. The van der Waals surface area contributed by atoms with Crippen LogP contribution in [0.25, 0.3) is 10.7 Å². The van der Waals surface area contributed by atoms with E-state index in [4.69, 9.17) is 5.11 Å². The lowest BCUT2D eigenvalue weighted by Gasteiger charge is -2.02. The third-order valence-corrected chi connectivity index (χ3v) is 3.46. The number of nitrogens with zero attached hydrogens (tertiary/aromatic N) is 3. The van der Waals surface area contributed by atoms with Crippen molar-refractivity contribution < 1.29 is 9.90 Å². The van der Waals surface area contributed by atoms with E-state index in [1.807, 2.05) is 13.8 Å². The highest BCUT2D eigenvalue weighted by Gasteiger charge is 2.17. The summed E-state index contributed by atoms with van der Waals surface area (Å²) in [7, 11) is 0. The zero-order valence-electron chi connectivity index (χ0n) is 10.1. The van der Waals surface area contributed by atoms with Crippen molar-refractivity contribution in [1.82, 2.24) is 15.0 Å². The molecule has 2 rings (SSSR count). The van der Waals surface area contributed by atoms with E-state index in [2.05, 4.69) is 15.0 Å². The Morgan fingerprint density at radius 2 is 2.22 bits per heavy atom. The molecular weight excluding hydrogens is 250 g/mol. The van der Waals surface area contributed by atoms with Gasteiger partial charge < -0.3 is 5.11 Å². The van der Waals surface area contributed by atoms with E-state index in [1.165, 1.54) is 11.3 Å². The minimum Gasteiger partial charge on any atom is -0.481 e. The van der Waals surface area contributed by atoms with Gasteiger partial charge in [0.2, 0.25) is 0 Å². The molecule has 0 bridgehead atoms. The molecule has 0 saturated heterocycles. The van der Waals surface area contributed by atoms with Gasteiger partial charge in [-0.25, -0.2) is 4.98 Å². The van der Waals surface area contributed by atoms with Gasteiger partial charge in [0, 0.05) is 17.3 Å². The van der Waals surface area contributed by atoms with Crippen LogP contribution in [0.15, 0.2) is 18.6 Å². The molecule has 2 aromatic heterocycles. The number of hydrogen-bond donors (Lipinski definition) is 1. The van der Waals surface area contributed by atoms with Gasteiger partial charge in [0.05, 0.1) is 18.3 Å². The highest BCUT2D eigenvalue weighted by Crippen LogP contribution is 2.30. The van der Waals surface area contributed by atoms with Crippen molar-refractivity contribution in [2.24, 2.45) is 0 Å². The summed E-state index contributed by atoms with van der Waals surface area (Å²) in [5.74, 6) is -0.646. The van der Waals surface area contributed by atoms with Crippen LogP contribution < -0.4 is 0 Å². The first-order valence-corrected chi connectivity index (χ1v) is 6.37. The topological polar surface area (TPSA) is 76.0 Å². The molecule has 0 aliphatic carbocycles. The van der Waals surface area contributed by atoms with E-state index >= 15 is 0 Å². The van der Waals surface area contributed by atoms with Crippen LogP contribution in [-0.2, 0) is 11.2 Å². The fourth-order valence-corrected chi connectivity index (χ4v) is 2.77. The summed E-state index contributed by atoms with van der Waals surface area (Å²) in [5, 5.41) is 9.63. The van der Waals surface area contributed by atoms with Gasteiger partial charge in [0.1, 0.15) is 10.7 Å². The van der Waals surface area contributed by atoms with Gasteiger partial charge >= 0.3 is 5.97 Å². The number of rotatable bonds is 4. The Morgan fingerprint density at radius 3 is 2.78 bits per heavy atom. The number of aliphatic carboxylic acids is 1. The quantitative estimate of drug-likeness (QED) is 0.916. The standard InChI is InChI=1S/C12H13N3O2S/c1-7(2)11-9(5-10(16)17)18-12(15-11)8-6-13-3-4-14-8/h3-4,6-7H,5H2,1-2H3,(H,16,17). The van der Waals surface area contributed by atoms with Gasteiger partial charge in [-0.1, -0.05) is 13.8 Å². The average molecular weight is 263 g/mol. The van der Waals surface area contributed by atoms with Crippen LogP contribution in [0.4, 0.5) is 0 Å². The van der Waals surface area contributed by atoms with E-state index < -0.39 is 5.97 Å². The molecule has 0 aromatic carbocycles. The van der Waals surface area contributed by atoms with Gasteiger partial charge in [-0.15, -0.1) is 11.3 Å². The molecule has 2 aromatic rings. The second-order valence-electron chi connectivity index (χ2n) is 4.14. The van der Waals surface area contributed by atoms with Gasteiger partial charge in [-0.2, -0.15) is 0 Å². The molecule has 6 heteroatoms. The van der Waals surface area contributed by atoms with Crippen LogP contribution >= 0.6 is 11.3 Å². The number of carboxylic acids is 1. The summed E-state index contributed by atoms with van der Waals surface area (Å²) in [4.78, 5) is 24.3. The number of hydrogen-bond acceptors (Lipinski definition) is 5. The first kappa shape index (κ1) is 12.6. The summed E-state index contributed by atoms with van der Waals surface area (Å²) in [6.07, 6.45) is 4.83. The second-order valence-corrected chi connectivity index (χ2v) is 5.23. The summed E-state index contributed by atoms with van der Waals surface area (Å²) >= 11 is 1.37. The molecule has 0 amide bonds. The van der Waals surface area contributed by atoms with Crippen molar-refractivity contribution in [3.8, 4) is 10.7 Å². The molecule has 0 spiro atoms. The SMILES string of the molecule is CC(C)c1nc(-c2cnccn2)sc1CC(=O)O. The molecule has 2 heterocycles. The lowest BCUT2D eigenvalue weighted by atomic mass is 10.1. The Morgan fingerprint density at radius 1 is 1.44 bits per heavy atom. The third kappa shape index (κ3) is 2.70. The predicted molar refractivity (Wildman–Crippen MR) is 68.6 cm³/mol. The number of carbonyl (C=O) groups is 1. The number of aromatic nitrogens is 3. The fourth-order valence-electron chi connectivity index (χ4n) is 1.60. The number of carboxylic acid groups (broad SMARTS) is 1. The Kier molecular flexibility index (Phi) is 3.66. The van der Waals surface area contributed by atoms with Gasteiger partial charge in [-0.3, -0.25) is 14.8 Å². The van der Waals surface area contributed by atoms with E-state index in [1.54, 1.807) is 18.6 Å². The molecule has 0 atom stereocenters. The van der Waals surface area contributed by atoms with Gasteiger partial charge in [0.15, 0.2) is 0 Å². The normalized spacial score (nSPS) is 10.8. The Hall–Kier alpha value is -1.82. The van der Waals surface area contributed by atoms with E-state index in [0.717, 1.165) is 15.6 Å². The summed E-state index contributed by atoms with van der Waals surface area (Å²) in [6.45, 7) is 4.00. The molecule has 18 heavy (non-hydrogen) atoms.